The molecule has 6 heteroatoms. The van der Waals surface area contributed by atoms with Crippen molar-refractivity contribution in [3.05, 3.63) is 102 Å². The van der Waals surface area contributed by atoms with Crippen LogP contribution in [0.3, 0.4) is 0 Å². The van der Waals surface area contributed by atoms with Crippen LogP contribution >= 0.6 is 0 Å². The van der Waals surface area contributed by atoms with Crippen LogP contribution in [0.5, 0.6) is 5.75 Å². The first-order valence-electron chi connectivity index (χ1n) is 8.84. The Morgan fingerprint density at radius 3 is 2.17 bits per heavy atom. The summed E-state index contributed by atoms with van der Waals surface area (Å²) in [5, 5.41) is 5.30. The van der Waals surface area contributed by atoms with Gasteiger partial charge in [-0.25, -0.2) is 4.39 Å². The van der Waals surface area contributed by atoms with Crippen LogP contribution < -0.4 is 15.4 Å². The molecule has 0 aliphatic rings. The lowest BCUT2D eigenvalue weighted by Gasteiger charge is -2.11. The first-order valence-corrected chi connectivity index (χ1v) is 8.84. The van der Waals surface area contributed by atoms with E-state index in [1.54, 1.807) is 67.8 Å². The van der Waals surface area contributed by atoms with Gasteiger partial charge in [-0.15, -0.1) is 0 Å². The summed E-state index contributed by atoms with van der Waals surface area (Å²) in [6.45, 7) is 0. The van der Waals surface area contributed by atoms with Gasteiger partial charge < -0.3 is 15.4 Å². The van der Waals surface area contributed by atoms with Crippen LogP contribution in [-0.4, -0.2) is 18.9 Å². The lowest BCUT2D eigenvalue weighted by Crippen LogP contribution is -2.30. The van der Waals surface area contributed by atoms with Gasteiger partial charge in [0.2, 0.25) is 0 Å². The molecule has 0 saturated carbocycles. The highest BCUT2D eigenvalue weighted by atomic mass is 19.1. The molecule has 0 fully saturated rings. The number of halogens is 1. The second-order valence-corrected chi connectivity index (χ2v) is 6.11. The molecule has 0 atom stereocenters. The van der Waals surface area contributed by atoms with Crippen molar-refractivity contribution in [3.63, 3.8) is 0 Å². The van der Waals surface area contributed by atoms with E-state index >= 15 is 0 Å². The zero-order valence-electron chi connectivity index (χ0n) is 15.7. The van der Waals surface area contributed by atoms with Gasteiger partial charge in [-0.2, -0.15) is 0 Å². The average molecular weight is 390 g/mol. The Kier molecular flexibility index (Phi) is 6.37. The van der Waals surface area contributed by atoms with Gasteiger partial charge in [-0.05, 0) is 60.2 Å². The predicted molar refractivity (Wildman–Crippen MR) is 110 cm³/mol. The number of hydrogen-bond acceptors (Lipinski definition) is 3. The molecule has 3 aromatic rings. The number of hydrogen-bond donors (Lipinski definition) is 2. The maximum atomic E-state index is 13.1. The molecular weight excluding hydrogens is 371 g/mol. The summed E-state index contributed by atoms with van der Waals surface area (Å²) in [5.41, 5.74) is 1.57. The van der Waals surface area contributed by atoms with Gasteiger partial charge >= 0.3 is 0 Å². The Morgan fingerprint density at radius 2 is 1.55 bits per heavy atom. The molecule has 0 spiro atoms. The third-order valence-electron chi connectivity index (χ3n) is 4.06. The maximum absolute atomic E-state index is 13.1. The maximum Gasteiger partial charge on any atom is 0.272 e. The average Bonchev–Trinajstić information content (AvgIpc) is 2.76. The molecule has 2 N–H and O–H groups in total. The Balaban J connectivity index is 1.86. The van der Waals surface area contributed by atoms with Gasteiger partial charge in [0.15, 0.2) is 0 Å². The van der Waals surface area contributed by atoms with Crippen molar-refractivity contribution in [2.24, 2.45) is 0 Å². The largest absolute Gasteiger partial charge is 0.497 e. The van der Waals surface area contributed by atoms with E-state index in [9.17, 15) is 14.0 Å². The number of nitrogens with one attached hydrogen (secondary N) is 2. The van der Waals surface area contributed by atoms with Crippen LogP contribution in [-0.2, 0) is 4.79 Å². The molecule has 3 rings (SSSR count). The summed E-state index contributed by atoms with van der Waals surface area (Å²) in [5.74, 6) is -0.682. The van der Waals surface area contributed by atoms with Gasteiger partial charge in [-0.3, -0.25) is 9.59 Å². The van der Waals surface area contributed by atoms with E-state index in [-0.39, 0.29) is 5.70 Å². The summed E-state index contributed by atoms with van der Waals surface area (Å²) in [6.07, 6.45) is 1.55. The normalized spacial score (nSPS) is 10.9. The molecule has 146 valence electrons. The number of rotatable bonds is 6. The smallest absolute Gasteiger partial charge is 0.272 e. The third kappa shape index (κ3) is 5.52. The van der Waals surface area contributed by atoms with E-state index in [1.165, 1.54) is 24.3 Å². The van der Waals surface area contributed by atoms with Crippen LogP contribution in [0.4, 0.5) is 10.1 Å². The highest BCUT2D eigenvalue weighted by molar-refractivity contribution is 6.10. The van der Waals surface area contributed by atoms with Crippen molar-refractivity contribution in [3.8, 4) is 5.75 Å². The Labute approximate surface area is 167 Å². The molecule has 0 unspecified atom stereocenters. The van der Waals surface area contributed by atoms with Crippen LogP contribution in [0, 0.1) is 5.82 Å². The molecule has 0 bridgehead atoms. The number of amides is 2. The van der Waals surface area contributed by atoms with E-state index in [1.807, 2.05) is 0 Å². The van der Waals surface area contributed by atoms with Crippen LogP contribution in [0.1, 0.15) is 15.9 Å². The van der Waals surface area contributed by atoms with Crippen molar-refractivity contribution in [1.82, 2.24) is 5.32 Å². The highest BCUT2D eigenvalue weighted by Crippen LogP contribution is 2.15. The fraction of sp³-hybridized carbons (Fsp3) is 0.0435. The quantitative estimate of drug-likeness (QED) is 0.619. The van der Waals surface area contributed by atoms with Crippen LogP contribution in [0.25, 0.3) is 6.08 Å². The Hall–Kier alpha value is -3.93. The molecule has 0 radical (unpaired) electrons. The predicted octanol–water partition coefficient (Wildman–Crippen LogP) is 4.24. The van der Waals surface area contributed by atoms with Crippen LogP contribution in [0.15, 0.2) is 84.6 Å². The van der Waals surface area contributed by atoms with E-state index < -0.39 is 17.6 Å². The van der Waals surface area contributed by atoms with Crippen molar-refractivity contribution >= 4 is 23.6 Å². The van der Waals surface area contributed by atoms with E-state index in [0.29, 0.717) is 22.6 Å². The summed E-state index contributed by atoms with van der Waals surface area (Å²) in [6, 6.07) is 21.0. The second kappa shape index (κ2) is 9.32. The number of benzene rings is 3. The van der Waals surface area contributed by atoms with Crippen molar-refractivity contribution < 1.29 is 18.7 Å². The molecule has 0 aromatic heterocycles. The van der Waals surface area contributed by atoms with Gasteiger partial charge in [-0.1, -0.05) is 30.3 Å². The molecule has 0 aliphatic heterocycles. The summed E-state index contributed by atoms with van der Waals surface area (Å²) >= 11 is 0. The Morgan fingerprint density at radius 1 is 0.897 bits per heavy atom. The number of ether oxygens (including phenoxy) is 1. The van der Waals surface area contributed by atoms with Crippen LogP contribution in [0.2, 0.25) is 0 Å². The summed E-state index contributed by atoms with van der Waals surface area (Å²) in [4.78, 5) is 25.3. The van der Waals surface area contributed by atoms with E-state index in [0.717, 1.165) is 0 Å². The first-order chi connectivity index (χ1) is 14.0. The molecule has 2 amide bonds. The number of anilines is 1. The molecule has 0 heterocycles. The first kappa shape index (κ1) is 19.8. The fourth-order valence-electron chi connectivity index (χ4n) is 2.54. The third-order valence-corrected chi connectivity index (χ3v) is 4.06. The van der Waals surface area contributed by atoms with Gasteiger partial charge in [0.25, 0.3) is 11.8 Å². The molecule has 29 heavy (non-hydrogen) atoms. The van der Waals surface area contributed by atoms with Gasteiger partial charge in [0.05, 0.1) is 7.11 Å². The minimum absolute atomic E-state index is 0.0494. The second-order valence-electron chi connectivity index (χ2n) is 6.11. The van der Waals surface area contributed by atoms with Crippen molar-refractivity contribution in [2.75, 3.05) is 12.4 Å². The summed E-state index contributed by atoms with van der Waals surface area (Å²) in [7, 11) is 1.56. The van der Waals surface area contributed by atoms with Crippen molar-refractivity contribution in [1.29, 1.82) is 0 Å². The lowest BCUT2D eigenvalue weighted by atomic mass is 10.1. The number of carbonyl (C=O) groups is 2. The molecule has 3 aromatic carbocycles. The SMILES string of the molecule is COc1ccc(C=C(NC(=O)c2ccccc2)C(=O)Nc2ccc(F)cc2)cc1. The molecule has 5 nitrogen and oxygen atoms in total. The van der Waals surface area contributed by atoms with E-state index in [2.05, 4.69) is 10.6 Å². The fourth-order valence-corrected chi connectivity index (χ4v) is 2.54. The summed E-state index contributed by atoms with van der Waals surface area (Å²) < 4.78 is 18.2. The minimum Gasteiger partial charge on any atom is -0.497 e. The highest BCUT2D eigenvalue weighted by Gasteiger charge is 2.15. The standard InChI is InChI=1S/C23H19FN2O3/c1-29-20-13-7-16(8-14-20)15-21(26-22(27)17-5-3-2-4-6-17)23(28)25-19-11-9-18(24)10-12-19/h2-15H,1H3,(H,25,28)(H,26,27). The Bertz CT molecular complexity index is 1010. The topological polar surface area (TPSA) is 67.4 Å². The van der Waals surface area contributed by atoms with Gasteiger partial charge in [0.1, 0.15) is 17.3 Å². The molecular formula is C23H19FN2O3. The van der Waals surface area contributed by atoms with Crippen molar-refractivity contribution in [2.45, 2.75) is 0 Å². The molecule has 0 saturated heterocycles. The number of methoxy groups -OCH3 is 1. The molecule has 0 aliphatic carbocycles. The zero-order valence-corrected chi connectivity index (χ0v) is 15.7. The minimum atomic E-state index is -0.531. The lowest BCUT2D eigenvalue weighted by molar-refractivity contribution is -0.113. The monoisotopic (exact) mass is 390 g/mol. The zero-order chi connectivity index (χ0) is 20.6. The number of carbonyl (C=O) groups excluding carboxylic acids is 2. The van der Waals surface area contributed by atoms with Gasteiger partial charge in [0, 0.05) is 11.3 Å². The van der Waals surface area contributed by atoms with E-state index in [4.69, 9.17) is 4.74 Å².